The van der Waals surface area contributed by atoms with Crippen molar-refractivity contribution in [1.82, 2.24) is 0 Å². The molecule has 0 amide bonds. The van der Waals surface area contributed by atoms with Crippen molar-refractivity contribution < 1.29 is 12.6 Å². The minimum atomic E-state index is -3.11. The summed E-state index contributed by atoms with van der Waals surface area (Å²) in [5.74, 6) is 0. The Labute approximate surface area is 45.6 Å². The molecule has 1 heterocycles. The second-order valence-corrected chi connectivity index (χ2v) is 4.84. The molecule has 0 bridgehead atoms. The summed E-state index contributed by atoms with van der Waals surface area (Å²) in [6.45, 7) is 1.69. The first-order chi connectivity index (χ1) is 3.10. The summed E-state index contributed by atoms with van der Waals surface area (Å²) in [6, 6.07) is 0. The van der Waals surface area contributed by atoms with Crippen LogP contribution in [0.5, 0.6) is 0 Å². The van der Waals surface area contributed by atoms with E-state index in [4.69, 9.17) is 0 Å². The van der Waals surface area contributed by atoms with Gasteiger partial charge in [-0.25, -0.2) is 4.18 Å². The van der Waals surface area contributed by atoms with Gasteiger partial charge in [0.2, 0.25) is 0 Å². The third kappa shape index (κ3) is 1.08. The second-order valence-electron chi connectivity index (χ2n) is 1.17. The first kappa shape index (κ1) is 5.40. The molecule has 0 aliphatic carbocycles. The largest absolute Gasteiger partial charge is 0.325 e. The maximum Gasteiger partial charge on any atom is 0.325 e. The van der Waals surface area contributed by atoms with Crippen LogP contribution in [0.15, 0.2) is 0 Å². The molecule has 0 saturated carbocycles. The van der Waals surface area contributed by atoms with Crippen LogP contribution in [0.25, 0.3) is 0 Å². The van der Waals surface area contributed by atoms with Crippen molar-refractivity contribution in [2.24, 2.45) is 0 Å². The topological polar surface area (TPSA) is 43.4 Å². The van der Waals surface area contributed by atoms with Crippen LogP contribution in [0.1, 0.15) is 6.92 Å². The second kappa shape index (κ2) is 1.37. The van der Waals surface area contributed by atoms with E-state index in [1.54, 1.807) is 6.92 Å². The van der Waals surface area contributed by atoms with Crippen molar-refractivity contribution in [3.05, 3.63) is 0 Å². The van der Waals surface area contributed by atoms with Gasteiger partial charge in [-0.1, -0.05) is 0 Å². The van der Waals surface area contributed by atoms with Gasteiger partial charge in [0.15, 0.2) is 0 Å². The normalized spacial score (nSPS) is 37.0. The third-order valence-electron chi connectivity index (χ3n) is 0.507. The Morgan fingerprint density at radius 1 is 1.71 bits per heavy atom. The Kier molecular flexibility index (Phi) is 1.05. The number of hydrogen-bond acceptors (Lipinski definition) is 4. The lowest BCUT2D eigenvalue weighted by molar-refractivity contribution is 0.303. The fourth-order valence-corrected chi connectivity index (χ4v) is 2.58. The van der Waals surface area contributed by atoms with Gasteiger partial charge in [-0.15, -0.1) is 0 Å². The van der Waals surface area contributed by atoms with E-state index in [2.05, 4.69) is 4.18 Å². The molecule has 1 atom stereocenters. The molecule has 1 rings (SSSR count). The van der Waals surface area contributed by atoms with E-state index in [-0.39, 0.29) is 5.44 Å². The van der Waals surface area contributed by atoms with Crippen LogP contribution in [0.2, 0.25) is 0 Å². The summed E-state index contributed by atoms with van der Waals surface area (Å²) in [7, 11) is -2.28. The van der Waals surface area contributed by atoms with Gasteiger partial charge in [0.05, 0.1) is 0 Å². The minimum Gasteiger partial charge on any atom is -0.247 e. The van der Waals surface area contributed by atoms with Gasteiger partial charge in [0.25, 0.3) is 0 Å². The Balaban J connectivity index is 2.61. The van der Waals surface area contributed by atoms with E-state index in [9.17, 15) is 8.42 Å². The zero-order valence-electron chi connectivity index (χ0n) is 3.62. The lowest BCUT2D eigenvalue weighted by Gasteiger charge is -2.18. The van der Waals surface area contributed by atoms with Gasteiger partial charge < -0.3 is 0 Å². The van der Waals surface area contributed by atoms with Crippen molar-refractivity contribution in [2.45, 2.75) is 12.4 Å². The number of rotatable bonds is 0. The Hall–Kier alpha value is 0.260. The molecule has 0 aromatic rings. The summed E-state index contributed by atoms with van der Waals surface area (Å²) in [6.07, 6.45) is 0. The quantitative estimate of drug-likeness (QED) is 0.455. The smallest absolute Gasteiger partial charge is 0.247 e. The SMILES string of the molecule is CC1OS(=O)(=O)S1. The highest BCUT2D eigenvalue weighted by molar-refractivity contribution is 8.72. The molecule has 0 N–H and O–H groups in total. The molecule has 1 fully saturated rings. The van der Waals surface area contributed by atoms with Crippen molar-refractivity contribution >= 4 is 19.9 Å². The van der Waals surface area contributed by atoms with Crippen LogP contribution < -0.4 is 0 Å². The van der Waals surface area contributed by atoms with Crippen molar-refractivity contribution in [2.75, 3.05) is 0 Å². The Bertz CT molecular complexity index is 146. The molecule has 5 heteroatoms. The summed E-state index contributed by atoms with van der Waals surface area (Å²) in [5.41, 5.74) is -0.162. The monoisotopic (exact) mass is 140 g/mol. The van der Waals surface area contributed by atoms with Crippen LogP contribution >= 0.6 is 10.8 Å². The maximum absolute atomic E-state index is 10.0. The van der Waals surface area contributed by atoms with Crippen molar-refractivity contribution in [1.29, 1.82) is 0 Å². The Morgan fingerprint density at radius 3 is 2.14 bits per heavy atom. The van der Waals surface area contributed by atoms with Crippen LogP contribution in [0.4, 0.5) is 0 Å². The van der Waals surface area contributed by atoms with Gasteiger partial charge in [0.1, 0.15) is 5.44 Å². The molecular weight excluding hydrogens is 136 g/mol. The summed E-state index contributed by atoms with van der Waals surface area (Å²) < 4.78 is 24.3. The summed E-state index contributed by atoms with van der Waals surface area (Å²) >= 11 is 0. The van der Waals surface area contributed by atoms with E-state index in [0.717, 1.165) is 10.8 Å². The van der Waals surface area contributed by atoms with Gasteiger partial charge in [-0.3, -0.25) is 0 Å². The molecule has 0 spiro atoms. The van der Waals surface area contributed by atoms with Gasteiger partial charge in [-0.05, 0) is 6.92 Å². The lowest BCUT2D eigenvalue weighted by atomic mass is 10.9. The zero-order chi connectivity index (χ0) is 5.49. The average Bonchev–Trinajstić information content (AvgIpc) is 1.27. The molecule has 42 valence electrons. The minimum absolute atomic E-state index is 0.162. The van der Waals surface area contributed by atoms with E-state index in [1.165, 1.54) is 0 Å². The fraction of sp³-hybridized carbons (Fsp3) is 1.00. The highest BCUT2D eigenvalue weighted by Gasteiger charge is 2.31. The van der Waals surface area contributed by atoms with E-state index in [0.29, 0.717) is 0 Å². The molecule has 1 aliphatic rings. The van der Waals surface area contributed by atoms with Gasteiger partial charge >= 0.3 is 9.15 Å². The lowest BCUT2D eigenvalue weighted by Crippen LogP contribution is -2.21. The maximum atomic E-state index is 10.0. The predicted octanol–water partition coefficient (Wildman–Crippen LogP) is 0.341. The molecule has 0 radical (unpaired) electrons. The molecule has 7 heavy (non-hydrogen) atoms. The van der Waals surface area contributed by atoms with Crippen LogP contribution in [0, 0.1) is 0 Å². The molecular formula is C2H4O3S2. The first-order valence-corrected chi connectivity index (χ1v) is 4.52. The highest BCUT2D eigenvalue weighted by Crippen LogP contribution is 2.34. The Morgan fingerprint density at radius 2 is 2.14 bits per heavy atom. The van der Waals surface area contributed by atoms with Crippen LogP contribution in [-0.2, 0) is 13.3 Å². The van der Waals surface area contributed by atoms with E-state index >= 15 is 0 Å². The molecule has 0 aromatic carbocycles. The van der Waals surface area contributed by atoms with Crippen molar-refractivity contribution in [3.63, 3.8) is 0 Å². The van der Waals surface area contributed by atoms with Crippen LogP contribution in [-0.4, -0.2) is 13.9 Å². The fourth-order valence-electron chi connectivity index (χ4n) is 0.339. The molecule has 1 aliphatic heterocycles. The standard InChI is InChI=1S/C2H4O3S2/c1-2-5-7(3,4)6-2/h2H,1H3. The molecule has 0 aromatic heterocycles. The molecule has 3 nitrogen and oxygen atoms in total. The third-order valence-corrected chi connectivity index (χ3v) is 3.51. The molecule has 1 unspecified atom stereocenters. The molecule has 1 saturated heterocycles. The van der Waals surface area contributed by atoms with Crippen molar-refractivity contribution in [3.8, 4) is 0 Å². The number of hydrogen-bond donors (Lipinski definition) is 0. The summed E-state index contributed by atoms with van der Waals surface area (Å²) in [5, 5.41) is 0. The first-order valence-electron chi connectivity index (χ1n) is 1.72. The van der Waals surface area contributed by atoms with E-state index < -0.39 is 9.15 Å². The highest BCUT2D eigenvalue weighted by atomic mass is 33.2. The van der Waals surface area contributed by atoms with E-state index in [1.807, 2.05) is 0 Å². The van der Waals surface area contributed by atoms with Crippen LogP contribution in [0.3, 0.4) is 0 Å². The zero-order valence-corrected chi connectivity index (χ0v) is 5.25. The summed E-state index contributed by atoms with van der Waals surface area (Å²) in [4.78, 5) is 0. The average molecular weight is 140 g/mol. The predicted molar refractivity (Wildman–Crippen MR) is 27.1 cm³/mol. The van der Waals surface area contributed by atoms with Gasteiger partial charge in [-0.2, -0.15) is 8.42 Å². The van der Waals surface area contributed by atoms with Gasteiger partial charge in [0, 0.05) is 10.8 Å².